The number of nitrogens with two attached hydrogens (primary N) is 1. The molecule has 1 aromatic carbocycles. The number of carbonyl (C=O) groups excluding carboxylic acids is 1. The molecule has 5 rings (SSSR count). The number of urea groups is 1. The van der Waals surface area contributed by atoms with Gasteiger partial charge in [-0.05, 0) is 61.7 Å². The maximum atomic E-state index is 12.4. The van der Waals surface area contributed by atoms with Gasteiger partial charge in [-0.3, -0.25) is 0 Å². The molecule has 0 bridgehead atoms. The van der Waals surface area contributed by atoms with E-state index >= 15 is 0 Å². The van der Waals surface area contributed by atoms with Crippen molar-refractivity contribution in [3.05, 3.63) is 53.5 Å². The van der Waals surface area contributed by atoms with E-state index in [4.69, 9.17) is 10.7 Å². The molecule has 5 N–H and O–H groups in total. The van der Waals surface area contributed by atoms with Crippen LogP contribution in [0.3, 0.4) is 0 Å². The van der Waals surface area contributed by atoms with Crippen LogP contribution in [0, 0.1) is 6.92 Å². The van der Waals surface area contributed by atoms with E-state index < -0.39 is 0 Å². The Labute approximate surface area is 201 Å². The van der Waals surface area contributed by atoms with Crippen LogP contribution in [-0.4, -0.2) is 38.1 Å². The molecule has 1 fully saturated rings. The Kier molecular flexibility index (Phi) is 6.22. The first-order valence-electron chi connectivity index (χ1n) is 11.3. The van der Waals surface area contributed by atoms with Crippen LogP contribution in [0.15, 0.2) is 48.0 Å². The standard InChI is InChI=1S/C24H26N8OS/c1-14-4-2-5-17(12-14)29-24(33)28-16-9-7-15(8-10-16)27-22-20-21(31-23(25)32-22)26-13-18(30-20)19-6-3-11-34-19/h2-6,11-13,15-16H,7-10H2,1H3,(H2,28,29,33)(H3,25,26,27,31,32). The normalized spacial score (nSPS) is 17.9. The zero-order valence-corrected chi connectivity index (χ0v) is 19.6. The van der Waals surface area contributed by atoms with Gasteiger partial charge >= 0.3 is 6.03 Å². The van der Waals surface area contributed by atoms with Crippen molar-refractivity contribution in [2.24, 2.45) is 0 Å². The molecule has 174 valence electrons. The molecule has 3 heterocycles. The fourth-order valence-electron chi connectivity index (χ4n) is 4.22. The third-order valence-corrected chi connectivity index (χ3v) is 6.77. The van der Waals surface area contributed by atoms with Crippen molar-refractivity contribution >= 4 is 46.0 Å². The number of hydrogen-bond donors (Lipinski definition) is 4. The Hall–Kier alpha value is -3.79. The lowest BCUT2D eigenvalue weighted by molar-refractivity contribution is 0.243. The highest BCUT2D eigenvalue weighted by Crippen LogP contribution is 2.28. The quantitative estimate of drug-likeness (QED) is 0.333. The van der Waals surface area contributed by atoms with Crippen LogP contribution < -0.4 is 21.7 Å². The van der Waals surface area contributed by atoms with E-state index in [0.29, 0.717) is 17.0 Å². The molecule has 1 saturated carbocycles. The highest BCUT2D eigenvalue weighted by Gasteiger charge is 2.24. The Balaban J connectivity index is 1.22. The molecule has 0 spiro atoms. The number of aromatic nitrogens is 4. The highest BCUT2D eigenvalue weighted by molar-refractivity contribution is 7.13. The summed E-state index contributed by atoms with van der Waals surface area (Å²) in [7, 11) is 0. The molecule has 34 heavy (non-hydrogen) atoms. The van der Waals surface area contributed by atoms with Crippen molar-refractivity contribution < 1.29 is 4.79 Å². The molecule has 2 amide bonds. The minimum absolute atomic E-state index is 0.125. The van der Waals surface area contributed by atoms with E-state index in [-0.39, 0.29) is 24.1 Å². The van der Waals surface area contributed by atoms with E-state index in [0.717, 1.165) is 47.5 Å². The van der Waals surface area contributed by atoms with Crippen LogP contribution in [0.2, 0.25) is 0 Å². The first-order chi connectivity index (χ1) is 16.5. The molecule has 4 aromatic rings. The van der Waals surface area contributed by atoms with Gasteiger partial charge in [-0.15, -0.1) is 11.3 Å². The molecular weight excluding hydrogens is 448 g/mol. The first-order valence-corrected chi connectivity index (χ1v) is 12.2. The molecular formula is C24H26N8OS. The number of hydrogen-bond acceptors (Lipinski definition) is 8. The fraction of sp³-hybridized carbons (Fsp3) is 0.292. The molecule has 0 aliphatic heterocycles. The number of carbonyl (C=O) groups is 1. The third kappa shape index (κ3) is 5.07. The SMILES string of the molecule is Cc1cccc(NC(=O)NC2CCC(Nc3nc(N)nc4ncc(-c5cccs5)nc34)CC2)c1. The van der Waals surface area contributed by atoms with Gasteiger partial charge in [-0.1, -0.05) is 18.2 Å². The van der Waals surface area contributed by atoms with Gasteiger partial charge in [0.1, 0.15) is 0 Å². The maximum absolute atomic E-state index is 12.4. The Morgan fingerprint density at radius 1 is 1.06 bits per heavy atom. The van der Waals surface area contributed by atoms with Gasteiger partial charge in [0.2, 0.25) is 5.95 Å². The summed E-state index contributed by atoms with van der Waals surface area (Å²) in [6.45, 7) is 2.00. The zero-order chi connectivity index (χ0) is 23.5. The summed E-state index contributed by atoms with van der Waals surface area (Å²) < 4.78 is 0. The highest BCUT2D eigenvalue weighted by atomic mass is 32.1. The lowest BCUT2D eigenvalue weighted by atomic mass is 9.91. The summed E-state index contributed by atoms with van der Waals surface area (Å²) in [6.07, 6.45) is 5.22. The average molecular weight is 475 g/mol. The van der Waals surface area contributed by atoms with E-state index in [1.807, 2.05) is 48.7 Å². The lowest BCUT2D eigenvalue weighted by Crippen LogP contribution is -2.42. The van der Waals surface area contributed by atoms with E-state index in [9.17, 15) is 4.79 Å². The fourth-order valence-corrected chi connectivity index (χ4v) is 4.90. The van der Waals surface area contributed by atoms with Crippen molar-refractivity contribution in [2.75, 3.05) is 16.4 Å². The minimum atomic E-state index is -0.173. The van der Waals surface area contributed by atoms with Crippen molar-refractivity contribution in [1.82, 2.24) is 25.3 Å². The summed E-state index contributed by atoms with van der Waals surface area (Å²) in [5.74, 6) is 0.762. The van der Waals surface area contributed by atoms with Crippen molar-refractivity contribution in [3.8, 4) is 10.6 Å². The maximum Gasteiger partial charge on any atom is 0.319 e. The van der Waals surface area contributed by atoms with Gasteiger partial charge in [0, 0.05) is 17.8 Å². The largest absolute Gasteiger partial charge is 0.368 e. The number of nitrogen functional groups attached to an aromatic ring is 1. The smallest absolute Gasteiger partial charge is 0.319 e. The Bertz CT molecular complexity index is 1300. The second-order valence-corrected chi connectivity index (χ2v) is 9.44. The van der Waals surface area contributed by atoms with Gasteiger partial charge in [-0.25, -0.2) is 14.8 Å². The van der Waals surface area contributed by atoms with Crippen LogP contribution in [0.4, 0.5) is 22.2 Å². The number of nitrogens with zero attached hydrogens (tertiary/aromatic N) is 4. The monoisotopic (exact) mass is 474 g/mol. The predicted octanol–water partition coefficient (Wildman–Crippen LogP) is 4.58. The summed E-state index contributed by atoms with van der Waals surface area (Å²) in [5, 5.41) is 11.5. The molecule has 0 unspecified atom stereocenters. The van der Waals surface area contributed by atoms with E-state index in [1.165, 1.54) is 0 Å². The third-order valence-electron chi connectivity index (χ3n) is 5.88. The van der Waals surface area contributed by atoms with Gasteiger partial charge in [-0.2, -0.15) is 9.97 Å². The van der Waals surface area contributed by atoms with Crippen LogP contribution in [-0.2, 0) is 0 Å². The zero-order valence-electron chi connectivity index (χ0n) is 18.8. The molecule has 1 aliphatic carbocycles. The van der Waals surface area contributed by atoms with Crippen LogP contribution in [0.1, 0.15) is 31.2 Å². The van der Waals surface area contributed by atoms with Crippen LogP contribution in [0.5, 0.6) is 0 Å². The van der Waals surface area contributed by atoms with Crippen molar-refractivity contribution in [3.63, 3.8) is 0 Å². The van der Waals surface area contributed by atoms with E-state index in [1.54, 1.807) is 17.5 Å². The number of thiophene rings is 1. The number of nitrogens with one attached hydrogen (secondary N) is 3. The Morgan fingerprint density at radius 2 is 1.88 bits per heavy atom. The van der Waals surface area contributed by atoms with Gasteiger partial charge in [0.15, 0.2) is 17.0 Å². The number of aryl methyl sites for hydroxylation is 1. The van der Waals surface area contributed by atoms with Gasteiger partial charge in [0.05, 0.1) is 16.8 Å². The van der Waals surface area contributed by atoms with Crippen molar-refractivity contribution in [1.29, 1.82) is 0 Å². The summed E-state index contributed by atoms with van der Waals surface area (Å²) >= 11 is 1.61. The topological polar surface area (TPSA) is 131 Å². The van der Waals surface area contributed by atoms with Crippen LogP contribution >= 0.6 is 11.3 Å². The second kappa shape index (κ2) is 9.60. The molecule has 9 nitrogen and oxygen atoms in total. The second-order valence-electron chi connectivity index (χ2n) is 8.50. The van der Waals surface area contributed by atoms with E-state index in [2.05, 4.69) is 30.9 Å². The minimum Gasteiger partial charge on any atom is -0.368 e. The molecule has 1 aliphatic rings. The number of rotatable bonds is 5. The average Bonchev–Trinajstić information content (AvgIpc) is 3.35. The molecule has 0 saturated heterocycles. The molecule has 10 heteroatoms. The summed E-state index contributed by atoms with van der Waals surface area (Å²) in [6, 6.07) is 11.9. The Morgan fingerprint density at radius 3 is 2.65 bits per heavy atom. The number of amides is 2. The van der Waals surface area contributed by atoms with Crippen LogP contribution in [0.25, 0.3) is 21.7 Å². The molecule has 3 aromatic heterocycles. The van der Waals surface area contributed by atoms with Gasteiger partial charge < -0.3 is 21.7 Å². The molecule has 0 atom stereocenters. The van der Waals surface area contributed by atoms with Gasteiger partial charge in [0.25, 0.3) is 0 Å². The summed E-state index contributed by atoms with van der Waals surface area (Å²) in [5.41, 5.74) is 9.69. The summed E-state index contributed by atoms with van der Waals surface area (Å²) in [4.78, 5) is 31.3. The number of benzene rings is 1. The first kappa shape index (κ1) is 22.0. The predicted molar refractivity (Wildman–Crippen MR) is 136 cm³/mol. The lowest BCUT2D eigenvalue weighted by Gasteiger charge is -2.30. The number of fused-ring (bicyclic) bond motifs is 1. The number of anilines is 3. The van der Waals surface area contributed by atoms with Crippen molar-refractivity contribution in [2.45, 2.75) is 44.7 Å². The molecule has 0 radical (unpaired) electrons.